The van der Waals surface area contributed by atoms with Crippen LogP contribution in [0.1, 0.15) is 23.2 Å². The largest absolute Gasteiger partial charge is 0.481 e. The highest BCUT2D eigenvalue weighted by molar-refractivity contribution is 5.86. The summed E-state index contributed by atoms with van der Waals surface area (Å²) in [6.07, 6.45) is 4.58. The van der Waals surface area contributed by atoms with Crippen molar-refractivity contribution in [1.29, 1.82) is 0 Å². The van der Waals surface area contributed by atoms with Crippen LogP contribution in [-0.2, 0) is 17.8 Å². The Kier molecular flexibility index (Phi) is 3.92. The number of carboxylic acid groups (broad SMARTS) is 1. The van der Waals surface area contributed by atoms with Gasteiger partial charge in [0.25, 0.3) is 0 Å². The molecule has 4 nitrogen and oxygen atoms in total. The van der Waals surface area contributed by atoms with Gasteiger partial charge in [-0.2, -0.15) is 0 Å². The zero-order valence-electron chi connectivity index (χ0n) is 12.5. The van der Waals surface area contributed by atoms with E-state index in [1.54, 1.807) is 6.20 Å². The van der Waals surface area contributed by atoms with Gasteiger partial charge in [-0.25, -0.2) is 0 Å². The third-order valence-corrected chi connectivity index (χ3v) is 4.01. The number of carboxylic acids is 1. The van der Waals surface area contributed by atoms with Crippen molar-refractivity contribution < 1.29 is 9.90 Å². The molecule has 0 amide bonds. The molecule has 1 aromatic carbocycles. The molecule has 3 rings (SSSR count). The monoisotopic (exact) mass is 294 g/mol. The fraction of sp³-hybridized carbons (Fsp3) is 0.222. The van der Waals surface area contributed by atoms with Crippen LogP contribution in [0.4, 0.5) is 0 Å². The van der Waals surface area contributed by atoms with Crippen molar-refractivity contribution in [3.8, 4) is 0 Å². The Morgan fingerprint density at radius 2 is 2.05 bits per heavy atom. The van der Waals surface area contributed by atoms with Gasteiger partial charge in [0, 0.05) is 42.0 Å². The molecule has 0 aliphatic heterocycles. The van der Waals surface area contributed by atoms with Crippen molar-refractivity contribution in [2.75, 3.05) is 0 Å². The van der Waals surface area contributed by atoms with E-state index in [-0.39, 0.29) is 6.42 Å². The van der Waals surface area contributed by atoms with Crippen molar-refractivity contribution in [2.24, 2.45) is 0 Å². The first-order valence-electron chi connectivity index (χ1n) is 7.34. The van der Waals surface area contributed by atoms with Crippen LogP contribution in [0.3, 0.4) is 0 Å². The molecule has 22 heavy (non-hydrogen) atoms. The molecule has 0 fully saturated rings. The molecule has 0 radical (unpaired) electrons. The standard InChI is InChI=1S/C18H18N2O2/c1-13-16(11-14-5-4-9-19-12-14)15-6-2-3-7-17(15)20(13)10-8-18(21)22/h2-7,9,12H,8,10-11H2,1H3,(H,21,22). The van der Waals surface area contributed by atoms with Crippen LogP contribution in [0.25, 0.3) is 10.9 Å². The zero-order chi connectivity index (χ0) is 15.5. The third kappa shape index (κ3) is 2.72. The van der Waals surface area contributed by atoms with E-state index in [9.17, 15) is 4.79 Å². The Bertz CT molecular complexity index is 807. The predicted octanol–water partition coefficient (Wildman–Crippen LogP) is 3.41. The molecule has 0 aliphatic carbocycles. The number of aryl methyl sites for hydroxylation is 1. The smallest absolute Gasteiger partial charge is 0.305 e. The fourth-order valence-electron chi connectivity index (χ4n) is 2.93. The normalized spacial score (nSPS) is 11.0. The molecule has 1 N–H and O–H groups in total. The average molecular weight is 294 g/mol. The number of aromatic nitrogens is 2. The molecule has 2 heterocycles. The summed E-state index contributed by atoms with van der Waals surface area (Å²) < 4.78 is 2.11. The topological polar surface area (TPSA) is 55.1 Å². The minimum Gasteiger partial charge on any atom is -0.481 e. The van der Waals surface area contributed by atoms with E-state index in [2.05, 4.69) is 34.7 Å². The molecular weight excluding hydrogens is 276 g/mol. The number of nitrogens with zero attached hydrogens (tertiary/aromatic N) is 2. The zero-order valence-corrected chi connectivity index (χ0v) is 12.5. The number of para-hydroxylation sites is 1. The lowest BCUT2D eigenvalue weighted by atomic mass is 10.0. The van der Waals surface area contributed by atoms with Gasteiger partial charge >= 0.3 is 5.97 Å². The highest BCUT2D eigenvalue weighted by atomic mass is 16.4. The minimum atomic E-state index is -0.772. The predicted molar refractivity (Wildman–Crippen MR) is 86.0 cm³/mol. The number of hydrogen-bond donors (Lipinski definition) is 1. The number of pyridine rings is 1. The second-order valence-electron chi connectivity index (χ2n) is 5.41. The van der Waals surface area contributed by atoms with Crippen molar-refractivity contribution in [3.63, 3.8) is 0 Å². The van der Waals surface area contributed by atoms with Crippen LogP contribution >= 0.6 is 0 Å². The summed E-state index contributed by atoms with van der Waals surface area (Å²) in [5.74, 6) is -0.772. The lowest BCUT2D eigenvalue weighted by Crippen LogP contribution is -2.06. The summed E-state index contributed by atoms with van der Waals surface area (Å²) in [4.78, 5) is 15.1. The number of aliphatic carboxylic acids is 1. The Balaban J connectivity index is 2.06. The maximum atomic E-state index is 10.9. The lowest BCUT2D eigenvalue weighted by Gasteiger charge is -2.07. The molecule has 3 aromatic rings. The number of hydrogen-bond acceptors (Lipinski definition) is 2. The van der Waals surface area contributed by atoms with Gasteiger partial charge in [-0.15, -0.1) is 0 Å². The van der Waals surface area contributed by atoms with Crippen LogP contribution in [0.5, 0.6) is 0 Å². The first kappa shape index (κ1) is 14.3. The maximum absolute atomic E-state index is 10.9. The molecule has 112 valence electrons. The van der Waals surface area contributed by atoms with Crippen molar-refractivity contribution in [2.45, 2.75) is 26.3 Å². The molecule has 0 bridgehead atoms. The summed E-state index contributed by atoms with van der Waals surface area (Å²) in [6, 6.07) is 12.2. The summed E-state index contributed by atoms with van der Waals surface area (Å²) in [5, 5.41) is 10.1. The minimum absolute atomic E-state index is 0.131. The Hall–Kier alpha value is -2.62. The van der Waals surface area contributed by atoms with Crippen LogP contribution in [0.15, 0.2) is 48.8 Å². The third-order valence-electron chi connectivity index (χ3n) is 4.01. The molecule has 0 atom stereocenters. The summed E-state index contributed by atoms with van der Waals surface area (Å²) in [7, 11) is 0. The molecule has 0 saturated heterocycles. The Labute approximate surface area is 129 Å². The van der Waals surface area contributed by atoms with Gasteiger partial charge in [0.15, 0.2) is 0 Å². The van der Waals surface area contributed by atoms with Gasteiger partial charge < -0.3 is 9.67 Å². The van der Waals surface area contributed by atoms with Crippen LogP contribution in [0, 0.1) is 6.92 Å². The van der Waals surface area contributed by atoms with Crippen molar-refractivity contribution in [3.05, 3.63) is 65.6 Å². The maximum Gasteiger partial charge on any atom is 0.305 e. The van der Waals surface area contributed by atoms with Crippen LogP contribution in [-0.4, -0.2) is 20.6 Å². The molecule has 2 aromatic heterocycles. The van der Waals surface area contributed by atoms with Gasteiger partial charge in [-0.1, -0.05) is 24.3 Å². The number of rotatable bonds is 5. The van der Waals surface area contributed by atoms with Gasteiger partial charge in [0.2, 0.25) is 0 Å². The van der Waals surface area contributed by atoms with E-state index in [1.807, 2.05) is 24.4 Å². The average Bonchev–Trinajstić information content (AvgIpc) is 2.79. The molecular formula is C18H18N2O2. The number of fused-ring (bicyclic) bond motifs is 1. The first-order chi connectivity index (χ1) is 10.7. The summed E-state index contributed by atoms with van der Waals surface area (Å²) >= 11 is 0. The van der Waals surface area contributed by atoms with Gasteiger partial charge in [0.1, 0.15) is 0 Å². The van der Waals surface area contributed by atoms with E-state index < -0.39 is 5.97 Å². The lowest BCUT2D eigenvalue weighted by molar-refractivity contribution is -0.137. The second kappa shape index (κ2) is 6.02. The molecule has 0 unspecified atom stereocenters. The van der Waals surface area contributed by atoms with E-state index in [0.29, 0.717) is 6.54 Å². The van der Waals surface area contributed by atoms with Crippen LogP contribution < -0.4 is 0 Å². The van der Waals surface area contributed by atoms with E-state index in [0.717, 1.165) is 23.2 Å². The van der Waals surface area contributed by atoms with Gasteiger partial charge in [-0.05, 0) is 30.2 Å². The molecule has 4 heteroatoms. The van der Waals surface area contributed by atoms with Crippen molar-refractivity contribution >= 4 is 16.9 Å². The highest BCUT2D eigenvalue weighted by Gasteiger charge is 2.14. The molecule has 0 saturated carbocycles. The van der Waals surface area contributed by atoms with Crippen molar-refractivity contribution in [1.82, 2.24) is 9.55 Å². The molecule has 0 spiro atoms. The van der Waals surface area contributed by atoms with Gasteiger partial charge in [-0.3, -0.25) is 9.78 Å². The Morgan fingerprint density at radius 3 is 2.77 bits per heavy atom. The van der Waals surface area contributed by atoms with Crippen LogP contribution in [0.2, 0.25) is 0 Å². The number of benzene rings is 1. The van der Waals surface area contributed by atoms with E-state index >= 15 is 0 Å². The highest BCUT2D eigenvalue weighted by Crippen LogP contribution is 2.28. The Morgan fingerprint density at radius 1 is 1.23 bits per heavy atom. The van der Waals surface area contributed by atoms with E-state index in [1.165, 1.54) is 10.9 Å². The van der Waals surface area contributed by atoms with Gasteiger partial charge in [0.05, 0.1) is 6.42 Å². The SMILES string of the molecule is Cc1c(Cc2cccnc2)c2ccccc2n1CCC(=O)O. The molecule has 0 aliphatic rings. The second-order valence-corrected chi connectivity index (χ2v) is 5.41. The first-order valence-corrected chi connectivity index (χ1v) is 7.34. The fourth-order valence-corrected chi connectivity index (χ4v) is 2.93. The quantitative estimate of drug-likeness (QED) is 0.784. The number of carbonyl (C=O) groups is 1. The summed E-state index contributed by atoms with van der Waals surface area (Å²) in [6.45, 7) is 2.56. The summed E-state index contributed by atoms with van der Waals surface area (Å²) in [5.41, 5.74) is 4.63. The van der Waals surface area contributed by atoms with E-state index in [4.69, 9.17) is 5.11 Å².